The van der Waals surface area contributed by atoms with Gasteiger partial charge >= 0.3 is 0 Å². The molecule has 7 atom stereocenters. The average Bonchev–Trinajstić information content (AvgIpc) is 3.42. The summed E-state index contributed by atoms with van der Waals surface area (Å²) in [6.45, 7) is 11.1. The Balaban J connectivity index is 1.27. The summed E-state index contributed by atoms with van der Waals surface area (Å²) in [5.41, 5.74) is 3.29. The van der Waals surface area contributed by atoms with Crippen LogP contribution in [-0.4, -0.2) is 33.6 Å². The van der Waals surface area contributed by atoms with Crippen LogP contribution in [0.25, 0.3) is 0 Å². The van der Waals surface area contributed by atoms with E-state index in [1.807, 2.05) is 0 Å². The van der Waals surface area contributed by atoms with Crippen LogP contribution in [0.4, 0.5) is 0 Å². The highest BCUT2D eigenvalue weighted by Crippen LogP contribution is 2.60. The van der Waals surface area contributed by atoms with Gasteiger partial charge in [0.25, 0.3) is 0 Å². The molecule has 1 aromatic rings. The van der Waals surface area contributed by atoms with Crippen molar-refractivity contribution < 1.29 is 19.7 Å². The number of furan rings is 1. The number of aliphatic hydroxyl groups is 3. The number of aryl methyl sites for hydroxylation is 1. The maximum atomic E-state index is 11.2. The van der Waals surface area contributed by atoms with Crippen LogP contribution in [-0.2, 0) is 11.8 Å². The lowest BCUT2D eigenvalue weighted by atomic mass is 9.61. The van der Waals surface area contributed by atoms with Gasteiger partial charge in [-0.05, 0) is 104 Å². The summed E-state index contributed by atoms with van der Waals surface area (Å²) in [5.74, 6) is 3.55. The third kappa shape index (κ3) is 5.17. The molecule has 3 N–H and O–H groups in total. The lowest BCUT2D eigenvalue weighted by molar-refractivity contribution is 0.0862. The zero-order valence-corrected chi connectivity index (χ0v) is 23.7. The first-order chi connectivity index (χ1) is 18.2. The van der Waals surface area contributed by atoms with E-state index in [-0.39, 0.29) is 10.8 Å². The molecule has 4 heteroatoms. The Kier molecular flexibility index (Phi) is 7.97. The van der Waals surface area contributed by atoms with Gasteiger partial charge in [-0.3, -0.25) is 0 Å². The van der Waals surface area contributed by atoms with Gasteiger partial charge in [-0.2, -0.15) is 0 Å². The maximum absolute atomic E-state index is 11.2. The van der Waals surface area contributed by atoms with Crippen LogP contribution in [0.5, 0.6) is 0 Å². The second-order valence-electron chi connectivity index (χ2n) is 13.0. The monoisotopic (exact) mass is 520 g/mol. The second-order valence-corrected chi connectivity index (χ2v) is 13.0. The van der Waals surface area contributed by atoms with Crippen molar-refractivity contribution >= 4 is 0 Å². The third-order valence-electron chi connectivity index (χ3n) is 10.5. The Morgan fingerprint density at radius 2 is 1.92 bits per heavy atom. The summed E-state index contributed by atoms with van der Waals surface area (Å²) in [7, 11) is 0. The summed E-state index contributed by atoms with van der Waals surface area (Å²) in [5, 5.41) is 31.6. The highest BCUT2D eigenvalue weighted by Gasteiger charge is 2.53. The minimum Gasteiger partial charge on any atom is -0.465 e. The van der Waals surface area contributed by atoms with E-state index in [1.54, 1.807) is 0 Å². The van der Waals surface area contributed by atoms with Crippen molar-refractivity contribution in [2.45, 2.75) is 115 Å². The van der Waals surface area contributed by atoms with Crippen LogP contribution in [0.3, 0.4) is 0 Å². The maximum Gasteiger partial charge on any atom is 0.113 e. The molecule has 0 bridgehead atoms. The molecular weight excluding hydrogens is 472 g/mol. The number of hydrogen-bond acceptors (Lipinski definition) is 4. The number of aliphatic hydroxyl groups excluding tert-OH is 3. The van der Waals surface area contributed by atoms with Crippen LogP contribution in [0.15, 0.2) is 64.2 Å². The average molecular weight is 521 g/mol. The summed E-state index contributed by atoms with van der Waals surface area (Å²) in [6, 6.07) is 4.16. The van der Waals surface area contributed by atoms with Gasteiger partial charge in [0, 0.05) is 12.8 Å². The molecule has 0 aromatic carbocycles. The molecule has 38 heavy (non-hydrogen) atoms. The van der Waals surface area contributed by atoms with Crippen molar-refractivity contribution in [2.75, 3.05) is 0 Å². The highest BCUT2D eigenvalue weighted by atomic mass is 16.3. The predicted molar refractivity (Wildman–Crippen MR) is 153 cm³/mol. The first-order valence-corrected chi connectivity index (χ1v) is 15.1. The first-order valence-electron chi connectivity index (χ1n) is 15.1. The lowest BCUT2D eigenvalue weighted by Gasteiger charge is -2.44. The molecule has 5 rings (SSSR count). The SMILES string of the molecule is C=C1/C(=C\C=C2/CCC[C@]3(C)[C@@H]([C@H](C)/C=C/[C@H](O)C4(c5ccc(CCC)o5)CC4)CC[C@@H]23)C[C@@H](O)C[C@@H]1O. The smallest absolute Gasteiger partial charge is 0.113 e. The summed E-state index contributed by atoms with van der Waals surface area (Å²) in [6.07, 6.45) is 18.1. The van der Waals surface area contributed by atoms with E-state index in [4.69, 9.17) is 4.42 Å². The van der Waals surface area contributed by atoms with Crippen molar-refractivity contribution in [3.8, 4) is 0 Å². The molecule has 0 radical (unpaired) electrons. The van der Waals surface area contributed by atoms with E-state index in [1.165, 1.54) is 31.3 Å². The van der Waals surface area contributed by atoms with Gasteiger partial charge in [-0.25, -0.2) is 0 Å². The van der Waals surface area contributed by atoms with Crippen LogP contribution >= 0.6 is 0 Å². The van der Waals surface area contributed by atoms with E-state index in [2.05, 4.69) is 63.8 Å². The third-order valence-corrected chi connectivity index (χ3v) is 10.5. The van der Waals surface area contributed by atoms with Gasteiger partial charge in [0.1, 0.15) is 11.5 Å². The van der Waals surface area contributed by atoms with E-state index >= 15 is 0 Å². The van der Waals surface area contributed by atoms with Crippen LogP contribution in [0, 0.1) is 23.2 Å². The molecule has 4 aliphatic carbocycles. The molecule has 0 unspecified atom stereocenters. The van der Waals surface area contributed by atoms with Gasteiger partial charge in [0.2, 0.25) is 0 Å². The van der Waals surface area contributed by atoms with E-state index in [9.17, 15) is 15.3 Å². The number of hydrogen-bond donors (Lipinski definition) is 3. The second kappa shape index (κ2) is 10.9. The minimum atomic E-state index is -0.639. The lowest BCUT2D eigenvalue weighted by Crippen LogP contribution is -2.35. The minimum absolute atomic E-state index is 0.233. The first kappa shape index (κ1) is 27.7. The molecule has 4 aliphatic rings. The van der Waals surface area contributed by atoms with Gasteiger partial charge in [0.15, 0.2) is 0 Å². The predicted octanol–water partition coefficient (Wildman–Crippen LogP) is 6.96. The molecule has 1 aromatic heterocycles. The van der Waals surface area contributed by atoms with Crippen LogP contribution < -0.4 is 0 Å². The van der Waals surface area contributed by atoms with Crippen molar-refractivity contribution in [1.82, 2.24) is 0 Å². The zero-order valence-electron chi connectivity index (χ0n) is 23.7. The fourth-order valence-corrected chi connectivity index (χ4v) is 8.06. The molecule has 0 aliphatic heterocycles. The van der Waals surface area contributed by atoms with Crippen molar-refractivity contribution in [3.63, 3.8) is 0 Å². The Bertz CT molecular complexity index is 1100. The number of allylic oxidation sites excluding steroid dienone is 4. The van der Waals surface area contributed by atoms with Crippen molar-refractivity contribution in [1.29, 1.82) is 0 Å². The molecule has 4 nitrogen and oxygen atoms in total. The molecule has 1 heterocycles. The van der Waals surface area contributed by atoms with Crippen molar-refractivity contribution in [2.24, 2.45) is 23.2 Å². The topological polar surface area (TPSA) is 73.8 Å². The van der Waals surface area contributed by atoms with E-state index < -0.39 is 18.3 Å². The standard InChI is InChI=1S/C34H48O4/c1-5-7-27-12-16-32(38-27)34(18-19-34)31(37)15-9-22(2)28-13-14-29-24(8-6-17-33(28,29)4)10-11-25-20-26(35)21-30(36)23(25)3/h9-12,15-16,22,26,28-31,35-37H,3,5-8,13-14,17-21H2,1-2,4H3/b15-9+,24-10+,25-11-/t22-,26-,28-,29+,30+,31+,33-/m1/s1. The van der Waals surface area contributed by atoms with Crippen LogP contribution in [0.2, 0.25) is 0 Å². The molecule has 208 valence electrons. The fourth-order valence-electron chi connectivity index (χ4n) is 8.06. The Labute approximate surface area is 229 Å². The quantitative estimate of drug-likeness (QED) is 0.324. The van der Waals surface area contributed by atoms with Crippen LogP contribution in [0.1, 0.15) is 96.5 Å². The summed E-state index contributed by atoms with van der Waals surface area (Å²) >= 11 is 0. The molecule has 0 amide bonds. The van der Waals surface area contributed by atoms with E-state index in [0.717, 1.165) is 54.8 Å². The normalized spacial score (nSPS) is 36.6. The largest absolute Gasteiger partial charge is 0.465 e. The molecule has 0 spiro atoms. The van der Waals surface area contributed by atoms with Crippen molar-refractivity contribution in [3.05, 3.63) is 71.3 Å². The molecule has 0 saturated heterocycles. The molecular formula is C34H48O4. The molecule has 4 saturated carbocycles. The van der Waals surface area contributed by atoms with Gasteiger partial charge < -0.3 is 19.7 Å². The van der Waals surface area contributed by atoms with Gasteiger partial charge in [-0.1, -0.05) is 57.2 Å². The highest BCUT2D eigenvalue weighted by molar-refractivity contribution is 5.39. The van der Waals surface area contributed by atoms with Gasteiger partial charge in [0.05, 0.1) is 23.7 Å². The van der Waals surface area contributed by atoms with E-state index in [0.29, 0.717) is 30.6 Å². The zero-order chi connectivity index (χ0) is 27.1. The fraction of sp³-hybridized carbons (Fsp3) is 0.647. The van der Waals surface area contributed by atoms with Gasteiger partial charge in [-0.15, -0.1) is 0 Å². The Hall–Kier alpha value is -1.88. The number of fused-ring (bicyclic) bond motifs is 1. The molecule has 4 fully saturated rings. The summed E-state index contributed by atoms with van der Waals surface area (Å²) in [4.78, 5) is 0. The number of rotatable bonds is 8. The Morgan fingerprint density at radius 3 is 2.66 bits per heavy atom. The summed E-state index contributed by atoms with van der Waals surface area (Å²) < 4.78 is 6.12. The Morgan fingerprint density at radius 1 is 1.13 bits per heavy atom.